The van der Waals surface area contributed by atoms with E-state index in [1.807, 2.05) is 0 Å². The SMILES string of the molecule is CCCCCCNC(=O)Nc1cc(C(F)(F)F)cc(Cl)c1N=N. The van der Waals surface area contributed by atoms with E-state index in [4.69, 9.17) is 17.1 Å². The molecule has 0 aliphatic carbocycles. The topological polar surface area (TPSA) is 77.3 Å². The molecule has 1 aromatic rings. The first-order valence-corrected chi connectivity index (χ1v) is 7.50. The summed E-state index contributed by atoms with van der Waals surface area (Å²) in [6, 6.07) is 0.709. The fourth-order valence-corrected chi connectivity index (χ4v) is 2.15. The van der Waals surface area contributed by atoms with Crippen molar-refractivity contribution in [2.24, 2.45) is 5.11 Å². The van der Waals surface area contributed by atoms with E-state index < -0.39 is 17.8 Å². The standard InChI is InChI=1S/C14H18ClF3N4O/c1-2-3-4-5-6-20-13(23)21-11-8-9(14(16,17)18)7-10(15)12(11)22-19/h7-8,19H,2-6H2,1H3,(H2,20,21,23). The number of hydrogen-bond acceptors (Lipinski definition) is 3. The first-order valence-electron chi connectivity index (χ1n) is 7.12. The molecule has 2 amide bonds. The van der Waals surface area contributed by atoms with E-state index in [2.05, 4.69) is 22.7 Å². The highest BCUT2D eigenvalue weighted by atomic mass is 35.5. The van der Waals surface area contributed by atoms with Crippen molar-refractivity contribution in [1.29, 1.82) is 5.53 Å². The molecule has 128 valence electrons. The summed E-state index contributed by atoms with van der Waals surface area (Å²) in [7, 11) is 0. The van der Waals surface area contributed by atoms with Gasteiger partial charge in [0.1, 0.15) is 5.69 Å². The van der Waals surface area contributed by atoms with Gasteiger partial charge in [-0.1, -0.05) is 37.8 Å². The number of unbranched alkanes of at least 4 members (excludes halogenated alkanes) is 3. The second-order valence-electron chi connectivity index (χ2n) is 4.91. The molecule has 1 rings (SSSR count). The van der Waals surface area contributed by atoms with Gasteiger partial charge in [-0.05, 0) is 18.6 Å². The lowest BCUT2D eigenvalue weighted by Gasteiger charge is -2.14. The molecule has 23 heavy (non-hydrogen) atoms. The van der Waals surface area contributed by atoms with E-state index in [0.29, 0.717) is 18.7 Å². The van der Waals surface area contributed by atoms with Crippen LogP contribution in [0.2, 0.25) is 5.02 Å². The Kier molecular flexibility index (Phi) is 7.28. The highest BCUT2D eigenvalue weighted by molar-refractivity contribution is 6.33. The number of nitrogens with one attached hydrogen (secondary N) is 3. The number of anilines is 1. The fraction of sp³-hybridized carbons (Fsp3) is 0.500. The van der Waals surface area contributed by atoms with Crippen LogP contribution in [0.15, 0.2) is 17.2 Å². The molecule has 0 saturated carbocycles. The number of carbonyl (C=O) groups excluding carboxylic acids is 1. The Bertz CT molecular complexity index is 564. The first-order chi connectivity index (χ1) is 10.8. The van der Waals surface area contributed by atoms with E-state index >= 15 is 0 Å². The van der Waals surface area contributed by atoms with Gasteiger partial charge >= 0.3 is 12.2 Å². The molecule has 9 heteroatoms. The normalized spacial score (nSPS) is 11.2. The quantitative estimate of drug-likeness (QED) is 0.426. The second kappa shape index (κ2) is 8.71. The number of hydrogen-bond donors (Lipinski definition) is 3. The van der Waals surface area contributed by atoms with Gasteiger partial charge in [-0.25, -0.2) is 10.3 Å². The fourth-order valence-electron chi connectivity index (χ4n) is 1.89. The Morgan fingerprint density at radius 2 is 2.00 bits per heavy atom. The Hall–Kier alpha value is -1.83. The zero-order valence-electron chi connectivity index (χ0n) is 12.6. The van der Waals surface area contributed by atoms with Crippen molar-refractivity contribution < 1.29 is 18.0 Å². The zero-order chi connectivity index (χ0) is 17.5. The van der Waals surface area contributed by atoms with Crippen LogP contribution in [0.3, 0.4) is 0 Å². The summed E-state index contributed by atoms with van der Waals surface area (Å²) in [6.07, 6.45) is -0.769. The minimum absolute atomic E-state index is 0.221. The smallest absolute Gasteiger partial charge is 0.338 e. The molecular formula is C14H18ClF3N4O. The molecule has 3 N–H and O–H groups in total. The van der Waals surface area contributed by atoms with Crippen molar-refractivity contribution in [3.8, 4) is 0 Å². The monoisotopic (exact) mass is 350 g/mol. The minimum Gasteiger partial charge on any atom is -0.338 e. The lowest BCUT2D eigenvalue weighted by atomic mass is 10.1. The van der Waals surface area contributed by atoms with Gasteiger partial charge < -0.3 is 10.6 Å². The van der Waals surface area contributed by atoms with Gasteiger partial charge in [0.2, 0.25) is 0 Å². The van der Waals surface area contributed by atoms with Crippen LogP contribution in [0, 0.1) is 5.53 Å². The van der Waals surface area contributed by atoms with Crippen LogP contribution in [-0.2, 0) is 6.18 Å². The molecule has 0 heterocycles. The third-order valence-corrected chi connectivity index (χ3v) is 3.35. The Morgan fingerprint density at radius 1 is 1.30 bits per heavy atom. The van der Waals surface area contributed by atoms with Gasteiger partial charge in [0, 0.05) is 6.54 Å². The summed E-state index contributed by atoms with van der Waals surface area (Å²) in [5.41, 5.74) is 5.50. The van der Waals surface area contributed by atoms with Crippen LogP contribution in [0.5, 0.6) is 0 Å². The second-order valence-corrected chi connectivity index (χ2v) is 5.31. The molecule has 0 fully saturated rings. The van der Waals surface area contributed by atoms with E-state index in [1.165, 1.54) is 0 Å². The van der Waals surface area contributed by atoms with Crippen LogP contribution in [0.25, 0.3) is 0 Å². The summed E-state index contributed by atoms with van der Waals surface area (Å²) in [4.78, 5) is 11.7. The maximum absolute atomic E-state index is 12.8. The Balaban J connectivity index is 2.79. The molecule has 0 aliphatic heterocycles. The van der Waals surface area contributed by atoms with Crippen LogP contribution in [0.4, 0.5) is 29.3 Å². The highest BCUT2D eigenvalue weighted by Crippen LogP contribution is 2.40. The van der Waals surface area contributed by atoms with E-state index in [0.717, 1.165) is 25.7 Å². The molecule has 0 bridgehead atoms. The number of halogens is 4. The van der Waals surface area contributed by atoms with Gasteiger partial charge in [-0.2, -0.15) is 18.3 Å². The number of benzene rings is 1. The Labute approximate surface area is 137 Å². The minimum atomic E-state index is -4.61. The molecule has 5 nitrogen and oxygen atoms in total. The van der Waals surface area contributed by atoms with Crippen LogP contribution >= 0.6 is 11.6 Å². The Morgan fingerprint density at radius 3 is 2.57 bits per heavy atom. The molecule has 0 saturated heterocycles. The van der Waals surface area contributed by atoms with Gasteiger partial charge in [-0.3, -0.25) is 0 Å². The van der Waals surface area contributed by atoms with E-state index in [1.54, 1.807) is 0 Å². The predicted molar refractivity (Wildman–Crippen MR) is 82.4 cm³/mol. The highest BCUT2D eigenvalue weighted by Gasteiger charge is 2.32. The average molecular weight is 351 g/mol. The van der Waals surface area contributed by atoms with Crippen molar-refractivity contribution in [2.45, 2.75) is 38.8 Å². The van der Waals surface area contributed by atoms with Crippen molar-refractivity contribution >= 4 is 29.0 Å². The molecule has 0 unspecified atom stereocenters. The molecule has 0 radical (unpaired) electrons. The molecule has 0 atom stereocenters. The van der Waals surface area contributed by atoms with Crippen LogP contribution in [-0.4, -0.2) is 12.6 Å². The predicted octanol–water partition coefficient (Wildman–Crippen LogP) is 5.72. The molecule has 0 spiro atoms. The summed E-state index contributed by atoms with van der Waals surface area (Å²) < 4.78 is 38.3. The number of carbonyl (C=O) groups is 1. The van der Waals surface area contributed by atoms with Gasteiger partial charge in [0.05, 0.1) is 16.3 Å². The average Bonchev–Trinajstić information content (AvgIpc) is 2.45. The third kappa shape index (κ3) is 6.05. The van der Waals surface area contributed by atoms with E-state index in [-0.39, 0.29) is 16.4 Å². The molecular weight excluding hydrogens is 333 g/mol. The number of amides is 2. The summed E-state index contributed by atoms with van der Waals surface area (Å²) in [5, 5.41) is 7.52. The van der Waals surface area contributed by atoms with Crippen molar-refractivity contribution in [1.82, 2.24) is 5.32 Å². The number of urea groups is 1. The molecule has 0 aliphatic rings. The largest absolute Gasteiger partial charge is 0.416 e. The van der Waals surface area contributed by atoms with Crippen molar-refractivity contribution in [3.05, 3.63) is 22.7 Å². The van der Waals surface area contributed by atoms with Crippen LogP contribution < -0.4 is 10.6 Å². The maximum atomic E-state index is 12.8. The molecule has 0 aromatic heterocycles. The zero-order valence-corrected chi connectivity index (χ0v) is 13.3. The van der Waals surface area contributed by atoms with Crippen LogP contribution in [0.1, 0.15) is 38.2 Å². The maximum Gasteiger partial charge on any atom is 0.416 e. The summed E-state index contributed by atoms with van der Waals surface area (Å²) in [6.45, 7) is 2.47. The number of nitrogens with zero attached hydrogens (tertiary/aromatic N) is 1. The lowest BCUT2D eigenvalue weighted by Crippen LogP contribution is -2.29. The van der Waals surface area contributed by atoms with Gasteiger partial charge in [-0.15, -0.1) is 0 Å². The van der Waals surface area contributed by atoms with Gasteiger partial charge in [0.25, 0.3) is 0 Å². The van der Waals surface area contributed by atoms with Crippen molar-refractivity contribution in [3.63, 3.8) is 0 Å². The third-order valence-electron chi connectivity index (χ3n) is 3.07. The summed E-state index contributed by atoms with van der Waals surface area (Å²) >= 11 is 5.70. The van der Waals surface area contributed by atoms with Crippen molar-refractivity contribution in [2.75, 3.05) is 11.9 Å². The first kappa shape index (κ1) is 19.2. The van der Waals surface area contributed by atoms with E-state index in [9.17, 15) is 18.0 Å². The number of alkyl halides is 3. The number of rotatable bonds is 7. The molecule has 1 aromatic carbocycles. The lowest BCUT2D eigenvalue weighted by molar-refractivity contribution is -0.137. The summed E-state index contributed by atoms with van der Waals surface area (Å²) in [5.74, 6) is 0. The van der Waals surface area contributed by atoms with Gasteiger partial charge in [0.15, 0.2) is 0 Å².